The first-order valence-corrected chi connectivity index (χ1v) is 9.87. The van der Waals surface area contributed by atoms with Gasteiger partial charge in [0.25, 0.3) is 0 Å². The quantitative estimate of drug-likeness (QED) is 0.740. The van der Waals surface area contributed by atoms with Crippen LogP contribution in [0, 0.1) is 11.3 Å². The number of hydrogen-bond acceptors (Lipinski definition) is 7. The van der Waals surface area contributed by atoms with Gasteiger partial charge in [-0.05, 0) is 52.3 Å². The summed E-state index contributed by atoms with van der Waals surface area (Å²) in [6, 6.07) is 9.11. The molecule has 2 heterocycles. The van der Waals surface area contributed by atoms with E-state index >= 15 is 0 Å². The Morgan fingerprint density at radius 3 is 2.61 bits per heavy atom. The van der Waals surface area contributed by atoms with Gasteiger partial charge in [-0.2, -0.15) is 5.26 Å². The SMILES string of the molecule is CCOC(=O)C1=C(C)OC(N)=C(C#N)C1c1cccc2c1ccn2C(=O)OC(C)(C)C. The van der Waals surface area contributed by atoms with Crippen molar-refractivity contribution in [1.29, 1.82) is 5.26 Å². The molecule has 1 unspecified atom stereocenters. The fourth-order valence-corrected chi connectivity index (χ4v) is 3.58. The predicted octanol–water partition coefficient (Wildman–Crippen LogP) is 4.07. The summed E-state index contributed by atoms with van der Waals surface area (Å²) in [5.41, 5.74) is 6.83. The van der Waals surface area contributed by atoms with Gasteiger partial charge in [0, 0.05) is 11.6 Å². The number of fused-ring (bicyclic) bond motifs is 1. The van der Waals surface area contributed by atoms with Crippen LogP contribution in [-0.4, -0.2) is 28.8 Å². The lowest BCUT2D eigenvalue weighted by molar-refractivity contribution is -0.139. The molecular weight excluding hydrogens is 398 g/mol. The van der Waals surface area contributed by atoms with Crippen molar-refractivity contribution >= 4 is 23.0 Å². The third kappa shape index (κ3) is 4.12. The first kappa shape index (κ1) is 22.0. The number of nitrogens with zero attached hydrogens (tertiary/aromatic N) is 2. The first-order chi connectivity index (χ1) is 14.6. The summed E-state index contributed by atoms with van der Waals surface area (Å²) in [5.74, 6) is -1.19. The summed E-state index contributed by atoms with van der Waals surface area (Å²) in [6.07, 6.45) is 1.07. The zero-order valence-electron chi connectivity index (χ0n) is 18.2. The van der Waals surface area contributed by atoms with Crippen molar-refractivity contribution in [3.8, 4) is 6.07 Å². The van der Waals surface area contributed by atoms with E-state index in [4.69, 9.17) is 19.9 Å². The fraction of sp³-hybridized carbons (Fsp3) is 0.348. The molecule has 0 saturated heterocycles. The van der Waals surface area contributed by atoms with Crippen LogP contribution in [0.3, 0.4) is 0 Å². The molecule has 0 fully saturated rings. The van der Waals surface area contributed by atoms with Gasteiger partial charge >= 0.3 is 12.1 Å². The normalized spacial score (nSPS) is 16.7. The Labute approximate surface area is 180 Å². The maximum Gasteiger partial charge on any atom is 0.418 e. The van der Waals surface area contributed by atoms with Crippen LogP contribution in [0.5, 0.6) is 0 Å². The monoisotopic (exact) mass is 423 g/mol. The van der Waals surface area contributed by atoms with Crippen molar-refractivity contribution in [1.82, 2.24) is 4.57 Å². The third-order valence-electron chi connectivity index (χ3n) is 4.77. The largest absolute Gasteiger partial charge is 0.463 e. The molecule has 2 aromatic rings. The average Bonchev–Trinajstić information content (AvgIpc) is 3.10. The molecule has 1 aromatic carbocycles. The van der Waals surface area contributed by atoms with Gasteiger partial charge in [-0.3, -0.25) is 4.57 Å². The molecule has 162 valence electrons. The first-order valence-electron chi connectivity index (χ1n) is 9.87. The third-order valence-corrected chi connectivity index (χ3v) is 4.77. The number of allylic oxidation sites excluding steroid dienone is 2. The zero-order valence-corrected chi connectivity index (χ0v) is 18.2. The number of benzene rings is 1. The Morgan fingerprint density at radius 2 is 2.00 bits per heavy atom. The van der Waals surface area contributed by atoms with Crippen LogP contribution >= 0.6 is 0 Å². The van der Waals surface area contributed by atoms with Gasteiger partial charge in [0.15, 0.2) is 0 Å². The summed E-state index contributed by atoms with van der Waals surface area (Å²) in [6.45, 7) is 8.83. The molecule has 2 N–H and O–H groups in total. The summed E-state index contributed by atoms with van der Waals surface area (Å²) in [5, 5.41) is 10.5. The van der Waals surface area contributed by atoms with Crippen molar-refractivity contribution in [2.45, 2.75) is 46.1 Å². The van der Waals surface area contributed by atoms with E-state index in [1.165, 1.54) is 4.57 Å². The Bertz CT molecular complexity index is 1160. The minimum absolute atomic E-state index is 0.0679. The van der Waals surface area contributed by atoms with Crippen molar-refractivity contribution < 1.29 is 23.8 Å². The minimum Gasteiger partial charge on any atom is -0.463 e. The van der Waals surface area contributed by atoms with Crippen molar-refractivity contribution in [3.05, 3.63) is 58.8 Å². The molecule has 0 spiro atoms. The molecule has 0 bridgehead atoms. The van der Waals surface area contributed by atoms with Crippen LogP contribution in [-0.2, 0) is 19.0 Å². The molecule has 1 aliphatic heterocycles. The molecular formula is C23H25N3O5. The summed E-state index contributed by atoms with van der Waals surface area (Å²) in [7, 11) is 0. The number of carbonyl (C=O) groups excluding carboxylic acids is 2. The lowest BCUT2D eigenvalue weighted by Crippen LogP contribution is -2.27. The number of hydrogen-bond donors (Lipinski definition) is 1. The molecule has 1 aromatic heterocycles. The topological polar surface area (TPSA) is 117 Å². The highest BCUT2D eigenvalue weighted by atomic mass is 16.6. The highest BCUT2D eigenvalue weighted by molar-refractivity contribution is 5.97. The summed E-state index contributed by atoms with van der Waals surface area (Å²) < 4.78 is 17.6. The number of nitrogens with two attached hydrogens (primary N) is 1. The van der Waals surface area contributed by atoms with Crippen LogP contribution in [0.4, 0.5) is 4.79 Å². The van der Waals surface area contributed by atoms with Crippen LogP contribution in [0.15, 0.2) is 53.3 Å². The second kappa shape index (κ2) is 8.19. The second-order valence-electron chi connectivity index (χ2n) is 8.06. The summed E-state index contributed by atoms with van der Waals surface area (Å²) >= 11 is 0. The van der Waals surface area contributed by atoms with Gasteiger partial charge in [-0.15, -0.1) is 0 Å². The smallest absolute Gasteiger partial charge is 0.418 e. The molecule has 8 nitrogen and oxygen atoms in total. The van der Waals surface area contributed by atoms with Crippen molar-refractivity contribution in [3.63, 3.8) is 0 Å². The Balaban J connectivity index is 2.20. The molecule has 1 aliphatic rings. The van der Waals surface area contributed by atoms with Gasteiger partial charge < -0.3 is 19.9 Å². The van der Waals surface area contributed by atoms with Crippen LogP contribution in [0.2, 0.25) is 0 Å². The number of ether oxygens (including phenoxy) is 3. The number of esters is 1. The maximum atomic E-state index is 12.8. The molecule has 0 saturated carbocycles. The molecule has 0 amide bonds. The number of aromatic nitrogens is 1. The van der Waals surface area contributed by atoms with E-state index in [2.05, 4.69) is 6.07 Å². The van der Waals surface area contributed by atoms with Gasteiger partial charge in [0.2, 0.25) is 5.88 Å². The number of nitriles is 1. The Kier molecular flexibility index (Phi) is 5.80. The van der Waals surface area contributed by atoms with Crippen LogP contribution in [0.25, 0.3) is 10.9 Å². The van der Waals surface area contributed by atoms with Crippen molar-refractivity contribution in [2.75, 3.05) is 6.61 Å². The molecule has 8 heteroatoms. The Hall–Kier alpha value is -3.73. The highest BCUT2D eigenvalue weighted by Gasteiger charge is 2.37. The van der Waals surface area contributed by atoms with Crippen LogP contribution in [0.1, 0.15) is 46.1 Å². The molecule has 0 aliphatic carbocycles. The lowest BCUT2D eigenvalue weighted by Gasteiger charge is -2.27. The predicted molar refractivity (Wildman–Crippen MR) is 114 cm³/mol. The van der Waals surface area contributed by atoms with E-state index < -0.39 is 23.6 Å². The second-order valence-corrected chi connectivity index (χ2v) is 8.06. The van der Waals surface area contributed by atoms with E-state index in [0.29, 0.717) is 16.5 Å². The summed E-state index contributed by atoms with van der Waals surface area (Å²) in [4.78, 5) is 25.4. The molecule has 31 heavy (non-hydrogen) atoms. The Morgan fingerprint density at radius 1 is 1.29 bits per heavy atom. The molecule has 0 radical (unpaired) electrons. The van der Waals surface area contributed by atoms with E-state index in [1.807, 2.05) is 0 Å². The zero-order chi connectivity index (χ0) is 22.9. The van der Waals surface area contributed by atoms with Crippen LogP contribution < -0.4 is 5.73 Å². The molecule has 3 rings (SSSR count). The average molecular weight is 423 g/mol. The standard InChI is InChI=1S/C23H25N3O5/c1-6-29-21(27)18-13(2)30-20(25)16(12-24)19(18)15-8-7-9-17-14(15)10-11-26(17)22(28)31-23(3,4)5/h7-11,19H,6,25H2,1-5H3. The maximum absolute atomic E-state index is 12.8. The number of rotatable bonds is 3. The van der Waals surface area contributed by atoms with Gasteiger partial charge in [0.05, 0.1) is 23.6 Å². The van der Waals surface area contributed by atoms with Gasteiger partial charge in [-0.1, -0.05) is 12.1 Å². The van der Waals surface area contributed by atoms with Gasteiger partial charge in [0.1, 0.15) is 23.0 Å². The fourth-order valence-electron chi connectivity index (χ4n) is 3.58. The lowest BCUT2D eigenvalue weighted by atomic mass is 9.81. The molecule has 1 atom stereocenters. The van der Waals surface area contributed by atoms with E-state index in [9.17, 15) is 14.9 Å². The number of carbonyl (C=O) groups is 2. The minimum atomic E-state index is -0.795. The van der Waals surface area contributed by atoms with E-state index in [-0.39, 0.29) is 29.4 Å². The van der Waals surface area contributed by atoms with E-state index in [0.717, 1.165) is 0 Å². The van der Waals surface area contributed by atoms with Gasteiger partial charge in [-0.25, -0.2) is 9.59 Å². The highest BCUT2D eigenvalue weighted by Crippen LogP contribution is 2.42. The van der Waals surface area contributed by atoms with Crippen molar-refractivity contribution in [2.24, 2.45) is 5.73 Å². The van der Waals surface area contributed by atoms with E-state index in [1.54, 1.807) is 65.1 Å².